The predicted octanol–water partition coefficient (Wildman–Crippen LogP) is 5.90. The van der Waals surface area contributed by atoms with E-state index in [0.29, 0.717) is 48.3 Å². The summed E-state index contributed by atoms with van der Waals surface area (Å²) in [6.07, 6.45) is 1.13. The second kappa shape index (κ2) is 10.7. The van der Waals surface area contributed by atoms with E-state index in [0.717, 1.165) is 23.3 Å². The summed E-state index contributed by atoms with van der Waals surface area (Å²) < 4.78 is 55.4. The van der Waals surface area contributed by atoms with Gasteiger partial charge in [-0.15, -0.1) is 0 Å². The largest absolute Gasteiger partial charge is 0.416 e. The van der Waals surface area contributed by atoms with Gasteiger partial charge in [-0.25, -0.2) is 9.78 Å². The highest BCUT2D eigenvalue weighted by molar-refractivity contribution is 5.96. The minimum Gasteiger partial charge on any atom is -0.333 e. The lowest BCUT2D eigenvalue weighted by Gasteiger charge is -2.27. The van der Waals surface area contributed by atoms with Crippen LogP contribution in [0.4, 0.5) is 22.4 Å². The molecule has 0 spiro atoms. The summed E-state index contributed by atoms with van der Waals surface area (Å²) in [6.45, 7) is 1.67. The number of nitrogens with one attached hydrogen (secondary N) is 1. The first-order chi connectivity index (χ1) is 18.7. The van der Waals surface area contributed by atoms with Crippen LogP contribution in [0.1, 0.15) is 33.5 Å². The molecule has 4 aromatic rings. The van der Waals surface area contributed by atoms with E-state index in [1.165, 1.54) is 22.9 Å². The van der Waals surface area contributed by atoms with Crippen LogP contribution in [0.5, 0.6) is 0 Å². The van der Waals surface area contributed by atoms with E-state index >= 15 is 0 Å². The highest BCUT2D eigenvalue weighted by Gasteiger charge is 2.33. The number of fused-ring (bicyclic) bond motifs is 3. The zero-order valence-electron chi connectivity index (χ0n) is 20.7. The first-order valence-electron chi connectivity index (χ1n) is 12.2. The van der Waals surface area contributed by atoms with Crippen LogP contribution in [-0.4, -0.2) is 33.6 Å². The zero-order chi connectivity index (χ0) is 27.6. The van der Waals surface area contributed by atoms with Gasteiger partial charge < -0.3 is 5.32 Å². The molecule has 1 aliphatic rings. The summed E-state index contributed by atoms with van der Waals surface area (Å²) >= 11 is 0. The number of pyridine rings is 1. The average Bonchev–Trinajstić information content (AvgIpc) is 3.25. The van der Waals surface area contributed by atoms with Crippen molar-refractivity contribution in [1.82, 2.24) is 19.8 Å². The minimum atomic E-state index is -4.56. The van der Waals surface area contributed by atoms with Crippen molar-refractivity contribution < 1.29 is 22.4 Å². The first kappa shape index (κ1) is 26.1. The van der Waals surface area contributed by atoms with Gasteiger partial charge in [0, 0.05) is 49.9 Å². The number of nitrogens with zero attached hydrogens (tertiary/aromatic N) is 4. The molecule has 1 N–H and O–H groups in total. The van der Waals surface area contributed by atoms with Gasteiger partial charge in [0.25, 0.3) is 0 Å². The maximum Gasteiger partial charge on any atom is 0.416 e. The lowest BCUT2D eigenvalue weighted by Crippen LogP contribution is -2.34. The Kier molecular flexibility index (Phi) is 7.17. The summed E-state index contributed by atoms with van der Waals surface area (Å²) in [5.41, 5.74) is 2.83. The maximum absolute atomic E-state index is 13.5. The van der Waals surface area contributed by atoms with Gasteiger partial charge in [0.15, 0.2) is 0 Å². The monoisotopic (exact) mass is 533 g/mol. The molecule has 0 bridgehead atoms. The van der Waals surface area contributed by atoms with Crippen molar-refractivity contribution in [3.05, 3.63) is 106 Å². The Balaban J connectivity index is 1.41. The fourth-order valence-corrected chi connectivity index (χ4v) is 4.79. The van der Waals surface area contributed by atoms with Gasteiger partial charge in [-0.05, 0) is 53.1 Å². The lowest BCUT2D eigenvalue weighted by atomic mass is 10.0. The Bertz CT molecular complexity index is 1600. The van der Waals surface area contributed by atoms with E-state index < -0.39 is 23.7 Å². The fourth-order valence-electron chi connectivity index (χ4n) is 4.79. The summed E-state index contributed by atoms with van der Waals surface area (Å²) in [7, 11) is 0. The Hall–Kier alpha value is -4.49. The van der Waals surface area contributed by atoms with Crippen LogP contribution < -0.4 is 5.32 Å². The summed E-state index contributed by atoms with van der Waals surface area (Å²) in [5.74, 6) is -0.686. The third-order valence-corrected chi connectivity index (χ3v) is 6.71. The van der Waals surface area contributed by atoms with Crippen molar-refractivity contribution >= 4 is 23.0 Å². The van der Waals surface area contributed by atoms with Crippen LogP contribution >= 0.6 is 0 Å². The molecule has 6 nitrogen and oxygen atoms in total. The van der Waals surface area contributed by atoms with Gasteiger partial charge >= 0.3 is 12.2 Å². The quantitative estimate of drug-likeness (QED) is 0.256. The van der Waals surface area contributed by atoms with E-state index in [4.69, 9.17) is 5.26 Å². The van der Waals surface area contributed by atoms with Gasteiger partial charge in [0.05, 0.1) is 22.7 Å². The molecule has 0 unspecified atom stereocenters. The second-order valence-electron chi connectivity index (χ2n) is 9.26. The van der Waals surface area contributed by atoms with Crippen molar-refractivity contribution in [1.29, 1.82) is 5.26 Å². The van der Waals surface area contributed by atoms with Crippen molar-refractivity contribution in [3.8, 4) is 6.07 Å². The van der Waals surface area contributed by atoms with Gasteiger partial charge in [-0.2, -0.15) is 22.8 Å². The molecule has 10 heteroatoms. The number of benzene rings is 2. The second-order valence-corrected chi connectivity index (χ2v) is 9.26. The Morgan fingerprint density at radius 3 is 2.64 bits per heavy atom. The molecule has 0 aliphatic carbocycles. The molecule has 0 saturated heterocycles. The minimum absolute atomic E-state index is 0.00204. The van der Waals surface area contributed by atoms with Gasteiger partial charge in [0.2, 0.25) is 5.95 Å². The van der Waals surface area contributed by atoms with Crippen molar-refractivity contribution in [2.45, 2.75) is 25.7 Å². The van der Waals surface area contributed by atoms with E-state index in [2.05, 4.69) is 21.3 Å². The molecule has 0 fully saturated rings. The van der Waals surface area contributed by atoms with Crippen molar-refractivity contribution in [2.75, 3.05) is 13.1 Å². The summed E-state index contributed by atoms with van der Waals surface area (Å²) in [5, 5.41) is 12.2. The number of hydrogen-bond donors (Lipinski definition) is 1. The van der Waals surface area contributed by atoms with Crippen LogP contribution in [0, 0.1) is 17.3 Å². The van der Waals surface area contributed by atoms with E-state index in [1.54, 1.807) is 18.2 Å². The third kappa shape index (κ3) is 5.68. The molecular formula is C29H23F4N5O. The topological polar surface area (TPSA) is 74.0 Å². The first-order valence-corrected chi connectivity index (χ1v) is 12.2. The molecule has 1 aliphatic heterocycles. The smallest absolute Gasteiger partial charge is 0.333 e. The number of amides is 1. The molecule has 5 rings (SSSR count). The Morgan fingerprint density at radius 1 is 1.13 bits per heavy atom. The molecule has 0 atom stereocenters. The van der Waals surface area contributed by atoms with Gasteiger partial charge in [-0.3, -0.25) is 9.47 Å². The Morgan fingerprint density at radius 2 is 1.92 bits per heavy atom. The van der Waals surface area contributed by atoms with Crippen LogP contribution in [0.15, 0.2) is 66.9 Å². The van der Waals surface area contributed by atoms with E-state index in [1.807, 2.05) is 24.3 Å². The number of alkyl halides is 3. The van der Waals surface area contributed by atoms with Crippen LogP contribution in [0.2, 0.25) is 0 Å². The maximum atomic E-state index is 13.5. The van der Waals surface area contributed by atoms with Gasteiger partial charge in [0.1, 0.15) is 0 Å². The highest BCUT2D eigenvalue weighted by atomic mass is 19.4. The predicted molar refractivity (Wildman–Crippen MR) is 138 cm³/mol. The molecule has 3 heterocycles. The molecule has 198 valence electrons. The summed E-state index contributed by atoms with van der Waals surface area (Å²) in [4.78, 5) is 18.9. The molecule has 2 aromatic carbocycles. The SMILES string of the molecule is N#Cc1ccc(/C=C/CN2CCc3c(c4ccc(C(F)(F)F)cc4n3C(=O)NCc3ccnc(F)c3)C2)cc1. The normalized spacial score (nSPS) is 13.9. The van der Waals surface area contributed by atoms with Crippen LogP contribution in [-0.2, 0) is 25.7 Å². The zero-order valence-corrected chi connectivity index (χ0v) is 20.7. The van der Waals surface area contributed by atoms with Crippen molar-refractivity contribution in [3.63, 3.8) is 0 Å². The number of rotatable bonds is 5. The Labute approximate surface area is 221 Å². The lowest BCUT2D eigenvalue weighted by molar-refractivity contribution is -0.137. The number of carbonyl (C=O) groups is 1. The summed E-state index contributed by atoms with van der Waals surface area (Å²) in [6, 6.07) is 14.9. The molecule has 39 heavy (non-hydrogen) atoms. The number of carbonyl (C=O) groups excluding carboxylic acids is 1. The van der Waals surface area contributed by atoms with E-state index in [-0.39, 0.29) is 12.1 Å². The molecule has 1 amide bonds. The highest BCUT2D eigenvalue weighted by Crippen LogP contribution is 2.36. The number of aromatic nitrogens is 2. The van der Waals surface area contributed by atoms with Crippen molar-refractivity contribution in [2.24, 2.45) is 0 Å². The fraction of sp³-hybridized carbons (Fsp3) is 0.207. The molecule has 0 radical (unpaired) electrons. The number of hydrogen-bond acceptors (Lipinski definition) is 4. The number of nitriles is 1. The molecule has 0 saturated carbocycles. The van der Waals surface area contributed by atoms with E-state index in [9.17, 15) is 22.4 Å². The van der Waals surface area contributed by atoms with Crippen LogP contribution in [0.25, 0.3) is 17.0 Å². The third-order valence-electron chi connectivity index (χ3n) is 6.71. The standard InChI is InChI=1S/C29H23F4N5O/c30-27-14-21(9-11-35-27)17-36-28(39)38-25-10-13-37(12-1-2-19-3-5-20(16-34)6-4-19)18-24(25)23-8-7-22(15-26(23)38)29(31,32)33/h1-9,11,14-15H,10,12-13,17-18H2,(H,36,39)/b2-1+. The molecular weight excluding hydrogens is 510 g/mol. The number of halogens is 4. The van der Waals surface area contributed by atoms with Gasteiger partial charge in [-0.1, -0.05) is 30.4 Å². The average molecular weight is 534 g/mol. The van der Waals surface area contributed by atoms with Crippen LogP contribution in [0.3, 0.4) is 0 Å². The molecule has 2 aromatic heterocycles.